The van der Waals surface area contributed by atoms with E-state index in [1.165, 1.54) is 13.1 Å². The van der Waals surface area contributed by atoms with Crippen LogP contribution in [0.15, 0.2) is 15.8 Å². The van der Waals surface area contributed by atoms with Gasteiger partial charge in [0, 0.05) is 18.3 Å². The number of hydrogen-bond donors (Lipinski definition) is 5. The van der Waals surface area contributed by atoms with Crippen LogP contribution in [-0.4, -0.2) is 48.0 Å². The molecule has 1 aliphatic carbocycles. The highest BCUT2D eigenvalue weighted by atomic mass is 16.5. The van der Waals surface area contributed by atoms with Gasteiger partial charge in [0.15, 0.2) is 5.79 Å². The van der Waals surface area contributed by atoms with E-state index in [-0.39, 0.29) is 12.1 Å². The highest BCUT2D eigenvalue weighted by Crippen LogP contribution is 2.37. The first-order valence-electron chi connectivity index (χ1n) is 5.36. The number of aryl methyl sites for hydroxylation is 1. The maximum absolute atomic E-state index is 11.5. The second-order valence-corrected chi connectivity index (χ2v) is 4.55. The zero-order chi connectivity index (χ0) is 13.7. The molecular weight excluding hydrogens is 244 g/mol. The summed E-state index contributed by atoms with van der Waals surface area (Å²) in [5, 5.41) is 37.5. The first-order chi connectivity index (χ1) is 8.25. The largest absolute Gasteiger partial charge is 0.390 e. The molecule has 0 spiro atoms. The van der Waals surface area contributed by atoms with E-state index in [0.29, 0.717) is 0 Å². The first-order valence-corrected chi connectivity index (χ1v) is 5.36. The van der Waals surface area contributed by atoms with Crippen molar-refractivity contribution in [2.24, 2.45) is 5.92 Å². The fourth-order valence-corrected chi connectivity index (χ4v) is 2.03. The maximum atomic E-state index is 11.5. The maximum Gasteiger partial charge on any atom is 0.328 e. The zero-order valence-corrected chi connectivity index (χ0v) is 9.57. The van der Waals surface area contributed by atoms with E-state index in [1.54, 1.807) is 0 Å². The van der Waals surface area contributed by atoms with Crippen LogP contribution in [0.4, 0.5) is 0 Å². The van der Waals surface area contributed by atoms with Crippen LogP contribution in [-0.2, 0) is 6.54 Å². The van der Waals surface area contributed by atoms with Gasteiger partial charge in [0.25, 0.3) is 5.56 Å². The lowest BCUT2D eigenvalue weighted by Crippen LogP contribution is -2.71. The molecule has 0 aliphatic heterocycles. The van der Waals surface area contributed by atoms with Gasteiger partial charge in [-0.3, -0.25) is 14.3 Å². The van der Waals surface area contributed by atoms with Crippen molar-refractivity contribution in [1.29, 1.82) is 0 Å². The molecule has 1 aromatic heterocycles. The highest BCUT2D eigenvalue weighted by molar-refractivity contribution is 5.06. The normalized spacial score (nSPS) is 29.9. The fraction of sp³-hybridized carbons (Fsp3) is 0.600. The number of hydrogen-bond acceptors (Lipinski definition) is 6. The molecule has 8 heteroatoms. The Labute approximate surface area is 101 Å². The van der Waals surface area contributed by atoms with E-state index in [1.807, 2.05) is 0 Å². The molecule has 3 atom stereocenters. The molecule has 1 heterocycles. The van der Waals surface area contributed by atoms with Crippen LogP contribution in [0.25, 0.3) is 0 Å². The molecular formula is C10H14N2O6. The molecule has 5 N–H and O–H groups in total. The summed E-state index contributed by atoms with van der Waals surface area (Å²) in [6, 6.07) is 0. The molecule has 0 unspecified atom stereocenters. The lowest BCUT2D eigenvalue weighted by molar-refractivity contribution is -0.361. The van der Waals surface area contributed by atoms with Gasteiger partial charge in [-0.25, -0.2) is 4.79 Å². The van der Waals surface area contributed by atoms with Crippen molar-refractivity contribution in [3.8, 4) is 0 Å². The predicted octanol–water partition coefficient (Wildman–Crippen LogP) is -3.12. The summed E-state index contributed by atoms with van der Waals surface area (Å²) in [4.78, 5) is 24.7. The van der Waals surface area contributed by atoms with Crippen LogP contribution in [0.3, 0.4) is 0 Å². The number of aliphatic hydroxyl groups excluding tert-OH is 2. The van der Waals surface area contributed by atoms with Crippen molar-refractivity contribution in [1.82, 2.24) is 9.55 Å². The van der Waals surface area contributed by atoms with Crippen LogP contribution in [0, 0.1) is 12.8 Å². The molecule has 2 rings (SSSR count). The number of rotatable bonds is 2. The SMILES string of the molecule is Cc1cn(C[C@@H]2[C@@H](O)[C@@H](O)C2(O)O)c(=O)[nH]c1=O. The van der Waals surface area contributed by atoms with Gasteiger partial charge in [-0.1, -0.05) is 0 Å². The molecule has 1 fully saturated rings. The highest BCUT2D eigenvalue weighted by Gasteiger charge is 2.60. The molecule has 8 nitrogen and oxygen atoms in total. The summed E-state index contributed by atoms with van der Waals surface area (Å²) < 4.78 is 1.05. The Kier molecular flexibility index (Phi) is 2.90. The van der Waals surface area contributed by atoms with E-state index >= 15 is 0 Å². The zero-order valence-electron chi connectivity index (χ0n) is 9.57. The van der Waals surface area contributed by atoms with Gasteiger partial charge < -0.3 is 20.4 Å². The quantitative estimate of drug-likeness (QED) is 0.356. The van der Waals surface area contributed by atoms with Crippen LogP contribution in [0.5, 0.6) is 0 Å². The third-order valence-corrected chi connectivity index (χ3v) is 3.30. The van der Waals surface area contributed by atoms with E-state index in [2.05, 4.69) is 4.98 Å². The topological polar surface area (TPSA) is 136 Å². The van der Waals surface area contributed by atoms with Crippen LogP contribution >= 0.6 is 0 Å². The summed E-state index contributed by atoms with van der Waals surface area (Å²) >= 11 is 0. The number of aliphatic hydroxyl groups is 4. The van der Waals surface area contributed by atoms with Gasteiger partial charge in [-0.05, 0) is 6.92 Å². The molecule has 18 heavy (non-hydrogen) atoms. The number of nitrogens with zero attached hydrogens (tertiary/aromatic N) is 1. The van der Waals surface area contributed by atoms with Gasteiger partial charge in [0.2, 0.25) is 0 Å². The monoisotopic (exact) mass is 258 g/mol. The lowest BCUT2D eigenvalue weighted by Gasteiger charge is -2.49. The van der Waals surface area contributed by atoms with E-state index in [0.717, 1.165) is 4.57 Å². The lowest BCUT2D eigenvalue weighted by atomic mass is 9.72. The Balaban J connectivity index is 2.29. The van der Waals surface area contributed by atoms with Gasteiger partial charge >= 0.3 is 5.69 Å². The van der Waals surface area contributed by atoms with Gasteiger partial charge in [-0.2, -0.15) is 0 Å². The summed E-state index contributed by atoms with van der Waals surface area (Å²) in [5.41, 5.74) is -0.954. The second kappa shape index (κ2) is 4.02. The third-order valence-electron chi connectivity index (χ3n) is 3.30. The number of H-pyrrole nitrogens is 1. The second-order valence-electron chi connectivity index (χ2n) is 4.55. The van der Waals surface area contributed by atoms with E-state index < -0.39 is 35.2 Å². The van der Waals surface area contributed by atoms with E-state index in [4.69, 9.17) is 5.11 Å². The van der Waals surface area contributed by atoms with Gasteiger partial charge in [0.1, 0.15) is 6.10 Å². The molecule has 0 radical (unpaired) electrons. The Hall–Kier alpha value is -1.48. The van der Waals surface area contributed by atoms with Gasteiger partial charge in [-0.15, -0.1) is 0 Å². The average Bonchev–Trinajstić information content (AvgIpc) is 2.30. The van der Waals surface area contributed by atoms with Crippen molar-refractivity contribution >= 4 is 0 Å². The van der Waals surface area contributed by atoms with Crippen molar-refractivity contribution in [2.75, 3.05) is 0 Å². The predicted molar refractivity (Wildman–Crippen MR) is 58.7 cm³/mol. The Morgan fingerprint density at radius 2 is 2.00 bits per heavy atom. The summed E-state index contributed by atoms with van der Waals surface area (Å²) in [5.74, 6) is -3.54. The molecule has 1 saturated carbocycles. The standard InChI is InChI=1S/C10H14N2O6/c1-4-2-12(9(16)11-8(4)15)3-5-6(13)7(14)10(5,17)18/h2,5-7,13-14,17-18H,3H2,1H3,(H,11,15,16)/t5-,6-,7-/m1/s1. The van der Waals surface area contributed by atoms with Crippen LogP contribution in [0.1, 0.15) is 5.56 Å². The van der Waals surface area contributed by atoms with Crippen molar-refractivity contribution in [3.63, 3.8) is 0 Å². The van der Waals surface area contributed by atoms with E-state index in [9.17, 15) is 24.9 Å². The molecule has 0 saturated heterocycles. The minimum absolute atomic E-state index is 0.221. The number of aromatic amines is 1. The molecule has 100 valence electrons. The smallest absolute Gasteiger partial charge is 0.328 e. The number of aromatic nitrogens is 2. The molecule has 0 bridgehead atoms. The Bertz CT molecular complexity index is 574. The van der Waals surface area contributed by atoms with Crippen molar-refractivity contribution < 1.29 is 20.4 Å². The molecule has 0 amide bonds. The van der Waals surface area contributed by atoms with Crippen molar-refractivity contribution in [3.05, 3.63) is 32.6 Å². The first kappa shape index (κ1) is 13.0. The van der Waals surface area contributed by atoms with Crippen LogP contribution in [0.2, 0.25) is 0 Å². The Morgan fingerprint density at radius 3 is 2.56 bits per heavy atom. The van der Waals surface area contributed by atoms with Crippen LogP contribution < -0.4 is 11.2 Å². The van der Waals surface area contributed by atoms with Gasteiger partial charge in [0.05, 0.1) is 12.0 Å². The summed E-state index contributed by atoms with van der Waals surface area (Å²) in [7, 11) is 0. The molecule has 1 aliphatic rings. The average molecular weight is 258 g/mol. The third kappa shape index (κ3) is 1.79. The number of nitrogens with one attached hydrogen (secondary N) is 1. The Morgan fingerprint density at radius 1 is 1.39 bits per heavy atom. The molecule has 1 aromatic rings. The molecule has 0 aromatic carbocycles. The minimum Gasteiger partial charge on any atom is -0.390 e. The summed E-state index contributed by atoms with van der Waals surface area (Å²) in [6.07, 6.45) is -1.74. The summed E-state index contributed by atoms with van der Waals surface area (Å²) in [6.45, 7) is 1.27. The minimum atomic E-state index is -2.44. The fourth-order valence-electron chi connectivity index (χ4n) is 2.03. The van der Waals surface area contributed by atoms with Crippen molar-refractivity contribution in [2.45, 2.75) is 31.5 Å².